The molecule has 4 nitrogen and oxygen atoms in total. The number of hydrogen-bond donors (Lipinski definition) is 0. The summed E-state index contributed by atoms with van der Waals surface area (Å²) in [5.41, 5.74) is 0. The van der Waals surface area contributed by atoms with Crippen molar-refractivity contribution in [2.45, 2.75) is 30.8 Å². The first-order valence-electron chi connectivity index (χ1n) is 4.90. The summed E-state index contributed by atoms with van der Waals surface area (Å²) >= 11 is 0. The van der Waals surface area contributed by atoms with Crippen LogP contribution in [-0.2, 0) is 18.9 Å². The van der Waals surface area contributed by atoms with Gasteiger partial charge >= 0.3 is 0 Å². The predicted molar refractivity (Wildman–Crippen MR) is 43.6 cm³/mol. The van der Waals surface area contributed by atoms with Crippen molar-refractivity contribution in [3.05, 3.63) is 0 Å². The zero-order valence-electron chi connectivity index (χ0n) is 7.48. The Labute approximate surface area is 77.1 Å². The lowest BCUT2D eigenvalue weighted by Gasteiger charge is -2.15. The van der Waals surface area contributed by atoms with Crippen LogP contribution in [0.15, 0.2) is 0 Å². The second-order valence-corrected chi connectivity index (χ2v) is 3.82. The highest BCUT2D eigenvalue weighted by molar-refractivity contribution is 4.90. The molecule has 3 saturated heterocycles. The quantitative estimate of drug-likeness (QED) is 0.580. The molecule has 0 bridgehead atoms. The van der Waals surface area contributed by atoms with E-state index in [2.05, 4.69) is 0 Å². The van der Waals surface area contributed by atoms with Gasteiger partial charge in [-0.1, -0.05) is 0 Å². The largest absolute Gasteiger partial charge is 0.373 e. The topological polar surface area (TPSA) is 40.2 Å². The van der Waals surface area contributed by atoms with Crippen molar-refractivity contribution in [1.29, 1.82) is 0 Å². The summed E-state index contributed by atoms with van der Waals surface area (Å²) in [5.74, 6) is 0. The smallest absolute Gasteiger partial charge is 0.112 e. The summed E-state index contributed by atoms with van der Waals surface area (Å²) in [6.45, 7) is 3.04. The van der Waals surface area contributed by atoms with E-state index in [9.17, 15) is 0 Å². The van der Waals surface area contributed by atoms with E-state index in [1.807, 2.05) is 0 Å². The van der Waals surface area contributed by atoms with Gasteiger partial charge in [0, 0.05) is 6.61 Å². The average molecular weight is 186 g/mol. The van der Waals surface area contributed by atoms with Crippen LogP contribution < -0.4 is 0 Å². The summed E-state index contributed by atoms with van der Waals surface area (Å²) in [6, 6.07) is 0. The monoisotopic (exact) mass is 186 g/mol. The number of rotatable bonds is 3. The molecule has 0 aromatic rings. The minimum Gasteiger partial charge on any atom is -0.373 e. The first kappa shape index (κ1) is 8.17. The number of hydrogen-bond acceptors (Lipinski definition) is 4. The predicted octanol–water partition coefficient (Wildman–Crippen LogP) is -0.0419. The van der Waals surface area contributed by atoms with Gasteiger partial charge in [0.25, 0.3) is 0 Å². The number of fused-ring (bicyclic) bond motifs is 1. The summed E-state index contributed by atoms with van der Waals surface area (Å²) in [7, 11) is 0. The lowest BCUT2D eigenvalue weighted by molar-refractivity contribution is -0.0350. The molecule has 3 rings (SSSR count). The van der Waals surface area contributed by atoms with Crippen LogP contribution in [0.4, 0.5) is 0 Å². The Hall–Kier alpha value is -0.160. The molecular formula is C9H14O4. The molecule has 4 atom stereocenters. The normalized spacial score (nSPS) is 48.0. The van der Waals surface area contributed by atoms with E-state index in [-0.39, 0.29) is 18.3 Å². The van der Waals surface area contributed by atoms with Gasteiger partial charge in [0.2, 0.25) is 0 Å². The van der Waals surface area contributed by atoms with Gasteiger partial charge in [-0.25, -0.2) is 0 Å². The fraction of sp³-hybridized carbons (Fsp3) is 1.00. The van der Waals surface area contributed by atoms with Crippen LogP contribution in [0.25, 0.3) is 0 Å². The van der Waals surface area contributed by atoms with Gasteiger partial charge in [-0.15, -0.1) is 0 Å². The van der Waals surface area contributed by atoms with E-state index in [1.165, 1.54) is 0 Å². The Morgan fingerprint density at radius 1 is 1.15 bits per heavy atom. The van der Waals surface area contributed by atoms with E-state index >= 15 is 0 Å². The molecule has 0 spiro atoms. The fourth-order valence-corrected chi connectivity index (χ4v) is 1.97. The third kappa shape index (κ3) is 1.59. The Balaban J connectivity index is 1.52. The van der Waals surface area contributed by atoms with Gasteiger partial charge in [0.15, 0.2) is 0 Å². The van der Waals surface area contributed by atoms with E-state index in [0.29, 0.717) is 19.3 Å². The maximum Gasteiger partial charge on any atom is 0.112 e. The van der Waals surface area contributed by atoms with Crippen LogP contribution >= 0.6 is 0 Å². The zero-order chi connectivity index (χ0) is 8.67. The fourth-order valence-electron chi connectivity index (χ4n) is 1.97. The minimum absolute atomic E-state index is 0.136. The molecule has 0 aliphatic carbocycles. The van der Waals surface area contributed by atoms with Crippen LogP contribution in [-0.4, -0.2) is 50.8 Å². The van der Waals surface area contributed by atoms with Crippen LogP contribution in [0.1, 0.15) is 6.42 Å². The van der Waals surface area contributed by atoms with Gasteiger partial charge < -0.3 is 18.9 Å². The van der Waals surface area contributed by atoms with Gasteiger partial charge in [0.1, 0.15) is 18.3 Å². The van der Waals surface area contributed by atoms with Crippen LogP contribution in [0, 0.1) is 0 Å². The van der Waals surface area contributed by atoms with Crippen molar-refractivity contribution in [3.8, 4) is 0 Å². The lowest BCUT2D eigenvalue weighted by atomic mass is 10.1. The molecule has 0 amide bonds. The summed E-state index contributed by atoms with van der Waals surface area (Å²) in [6.07, 6.45) is 1.95. The molecule has 0 radical (unpaired) electrons. The first-order chi connectivity index (χ1) is 6.43. The summed E-state index contributed by atoms with van der Waals surface area (Å²) in [4.78, 5) is 0. The highest BCUT2D eigenvalue weighted by Gasteiger charge is 2.43. The molecule has 0 aromatic heterocycles. The molecule has 0 N–H and O–H groups in total. The van der Waals surface area contributed by atoms with Crippen molar-refractivity contribution in [2.75, 3.05) is 26.4 Å². The van der Waals surface area contributed by atoms with Gasteiger partial charge in [-0.3, -0.25) is 0 Å². The molecule has 3 heterocycles. The number of ether oxygens (including phenoxy) is 4. The SMILES string of the molecule is C1C[C@H]2OC[C@H](OCC3CO3)[C@H]2O1. The summed E-state index contributed by atoms with van der Waals surface area (Å²) in [5, 5.41) is 0. The van der Waals surface area contributed by atoms with Crippen molar-refractivity contribution < 1.29 is 18.9 Å². The molecule has 0 aromatic carbocycles. The average Bonchev–Trinajstić information content (AvgIpc) is 2.72. The molecule has 74 valence electrons. The van der Waals surface area contributed by atoms with E-state index in [0.717, 1.165) is 19.6 Å². The molecule has 3 aliphatic rings. The van der Waals surface area contributed by atoms with Crippen molar-refractivity contribution in [1.82, 2.24) is 0 Å². The molecule has 13 heavy (non-hydrogen) atoms. The van der Waals surface area contributed by atoms with Gasteiger partial charge in [-0.05, 0) is 6.42 Å². The second-order valence-electron chi connectivity index (χ2n) is 3.82. The Bertz CT molecular complexity index is 192. The molecule has 3 fully saturated rings. The standard InChI is InChI=1S/C9H14O4/c1-2-10-9-7(1)13-5-8(9)12-4-6-3-11-6/h6-9H,1-5H2/t6?,7-,8+,9+/m1/s1. The molecule has 0 saturated carbocycles. The lowest BCUT2D eigenvalue weighted by Crippen LogP contribution is -2.31. The molecule has 3 aliphatic heterocycles. The van der Waals surface area contributed by atoms with E-state index in [4.69, 9.17) is 18.9 Å². The van der Waals surface area contributed by atoms with Gasteiger partial charge in [-0.2, -0.15) is 0 Å². The third-order valence-corrected chi connectivity index (χ3v) is 2.82. The van der Waals surface area contributed by atoms with E-state index < -0.39 is 0 Å². The highest BCUT2D eigenvalue weighted by atomic mass is 16.6. The van der Waals surface area contributed by atoms with Gasteiger partial charge in [0.05, 0.1) is 25.9 Å². The van der Waals surface area contributed by atoms with Crippen LogP contribution in [0.3, 0.4) is 0 Å². The first-order valence-corrected chi connectivity index (χ1v) is 4.90. The van der Waals surface area contributed by atoms with Crippen molar-refractivity contribution in [2.24, 2.45) is 0 Å². The Morgan fingerprint density at radius 3 is 2.92 bits per heavy atom. The zero-order valence-corrected chi connectivity index (χ0v) is 7.48. The highest BCUT2D eigenvalue weighted by Crippen LogP contribution is 2.28. The van der Waals surface area contributed by atoms with Crippen molar-refractivity contribution >= 4 is 0 Å². The third-order valence-electron chi connectivity index (χ3n) is 2.82. The summed E-state index contributed by atoms with van der Waals surface area (Å²) < 4.78 is 21.8. The van der Waals surface area contributed by atoms with Crippen molar-refractivity contribution in [3.63, 3.8) is 0 Å². The maximum absolute atomic E-state index is 5.67. The maximum atomic E-state index is 5.67. The Kier molecular flexibility index (Phi) is 2.01. The molecule has 1 unspecified atom stereocenters. The van der Waals surface area contributed by atoms with Crippen LogP contribution in [0.5, 0.6) is 0 Å². The minimum atomic E-state index is 0.136. The molecular weight excluding hydrogens is 172 g/mol. The Morgan fingerprint density at radius 2 is 2.08 bits per heavy atom. The second kappa shape index (κ2) is 3.20. The molecule has 4 heteroatoms. The van der Waals surface area contributed by atoms with E-state index in [1.54, 1.807) is 0 Å². The van der Waals surface area contributed by atoms with Crippen LogP contribution in [0.2, 0.25) is 0 Å². The number of epoxide rings is 1.